The van der Waals surface area contributed by atoms with Gasteiger partial charge in [-0.1, -0.05) is 31.6 Å². The van der Waals surface area contributed by atoms with E-state index in [-0.39, 0.29) is 24.5 Å². The van der Waals surface area contributed by atoms with Crippen molar-refractivity contribution in [3.05, 3.63) is 52.6 Å². The first-order chi connectivity index (χ1) is 16.4. The van der Waals surface area contributed by atoms with Gasteiger partial charge in [0.05, 0.1) is 24.0 Å². The molecule has 0 saturated carbocycles. The highest BCUT2D eigenvalue weighted by Gasteiger charge is 2.28. The fourth-order valence-corrected chi connectivity index (χ4v) is 5.52. The second kappa shape index (κ2) is 13.4. The van der Waals surface area contributed by atoms with E-state index in [2.05, 4.69) is 46.8 Å². The SMILES string of the molecule is CCCCN(CC1=CCC(C(O)NCC(O)O)C=C1)c1cc(C2C=C(OC)CCC2OC)cs1. The highest BCUT2D eigenvalue weighted by Crippen LogP contribution is 2.38. The lowest BCUT2D eigenvalue weighted by molar-refractivity contribution is -0.0496. The Labute approximate surface area is 207 Å². The molecule has 0 amide bonds. The van der Waals surface area contributed by atoms with E-state index in [4.69, 9.17) is 19.7 Å². The third kappa shape index (κ3) is 7.41. The minimum absolute atomic E-state index is 0.0560. The molecule has 1 aromatic heterocycles. The summed E-state index contributed by atoms with van der Waals surface area (Å²) in [5.41, 5.74) is 2.50. The van der Waals surface area contributed by atoms with Gasteiger partial charge < -0.3 is 29.7 Å². The second-order valence-corrected chi connectivity index (χ2v) is 9.93. The van der Waals surface area contributed by atoms with Crippen LogP contribution in [-0.2, 0) is 9.47 Å². The largest absolute Gasteiger partial charge is 0.501 e. The monoisotopic (exact) mass is 492 g/mol. The third-order valence-corrected chi connectivity index (χ3v) is 7.60. The summed E-state index contributed by atoms with van der Waals surface area (Å²) in [6.07, 6.45) is 11.2. The molecule has 4 atom stereocenters. The number of nitrogens with zero attached hydrogens (tertiary/aromatic N) is 1. The zero-order valence-corrected chi connectivity index (χ0v) is 21.3. The van der Waals surface area contributed by atoms with Crippen LogP contribution in [0.3, 0.4) is 0 Å². The Hall–Kier alpha value is -1.68. The van der Waals surface area contributed by atoms with Crippen LogP contribution in [0.2, 0.25) is 0 Å². The van der Waals surface area contributed by atoms with Crippen molar-refractivity contribution in [2.45, 2.75) is 63.6 Å². The van der Waals surface area contributed by atoms with Crippen LogP contribution in [0.15, 0.2) is 47.1 Å². The molecule has 4 unspecified atom stereocenters. The molecule has 4 N–H and O–H groups in total. The number of rotatable bonds is 13. The van der Waals surface area contributed by atoms with Gasteiger partial charge in [0.1, 0.15) is 6.23 Å². The highest BCUT2D eigenvalue weighted by atomic mass is 32.1. The number of aliphatic hydroxyl groups is 3. The first-order valence-corrected chi connectivity index (χ1v) is 13.1. The lowest BCUT2D eigenvalue weighted by Crippen LogP contribution is -2.40. The Morgan fingerprint density at radius 1 is 1.26 bits per heavy atom. The number of nitrogens with one attached hydrogen (secondary N) is 1. The van der Waals surface area contributed by atoms with E-state index in [9.17, 15) is 5.11 Å². The lowest BCUT2D eigenvalue weighted by Gasteiger charge is -2.29. The van der Waals surface area contributed by atoms with Crippen LogP contribution < -0.4 is 10.2 Å². The molecule has 2 aliphatic rings. The molecule has 0 fully saturated rings. The van der Waals surface area contributed by atoms with Gasteiger partial charge in [0, 0.05) is 45.0 Å². The van der Waals surface area contributed by atoms with Gasteiger partial charge in [-0.05, 0) is 47.9 Å². The molecule has 190 valence electrons. The molecule has 0 radical (unpaired) electrons. The molecular formula is C26H40N2O5S. The van der Waals surface area contributed by atoms with E-state index in [0.29, 0.717) is 6.42 Å². The van der Waals surface area contributed by atoms with Gasteiger partial charge >= 0.3 is 0 Å². The number of methoxy groups -OCH3 is 2. The van der Waals surface area contributed by atoms with Crippen molar-refractivity contribution in [3.8, 4) is 0 Å². The summed E-state index contributed by atoms with van der Waals surface area (Å²) >= 11 is 1.78. The van der Waals surface area contributed by atoms with E-state index in [1.165, 1.54) is 16.1 Å². The van der Waals surface area contributed by atoms with Gasteiger partial charge in [0.2, 0.25) is 0 Å². The quantitative estimate of drug-likeness (QED) is 0.313. The van der Waals surface area contributed by atoms with Crippen molar-refractivity contribution in [1.29, 1.82) is 0 Å². The van der Waals surface area contributed by atoms with E-state index >= 15 is 0 Å². The molecule has 1 aromatic rings. The van der Waals surface area contributed by atoms with Gasteiger partial charge in [0.25, 0.3) is 0 Å². The van der Waals surface area contributed by atoms with Crippen molar-refractivity contribution in [2.24, 2.45) is 5.92 Å². The molecule has 0 saturated heterocycles. The number of hydrogen-bond acceptors (Lipinski definition) is 8. The van der Waals surface area contributed by atoms with Crippen molar-refractivity contribution in [2.75, 3.05) is 38.8 Å². The molecule has 1 heterocycles. The Kier molecular flexibility index (Phi) is 10.6. The number of allylic oxidation sites excluding steroid dienone is 2. The van der Waals surface area contributed by atoms with Crippen molar-refractivity contribution in [3.63, 3.8) is 0 Å². The number of thiophene rings is 1. The summed E-state index contributed by atoms with van der Waals surface area (Å²) < 4.78 is 11.3. The van der Waals surface area contributed by atoms with Crippen LogP contribution in [0.4, 0.5) is 5.00 Å². The summed E-state index contributed by atoms with van der Waals surface area (Å²) in [5.74, 6) is 1.15. The van der Waals surface area contributed by atoms with Gasteiger partial charge in [-0.3, -0.25) is 5.32 Å². The van der Waals surface area contributed by atoms with E-state index < -0.39 is 12.5 Å². The number of aliphatic hydroxyl groups excluding tert-OH is 2. The van der Waals surface area contributed by atoms with Crippen LogP contribution in [-0.4, -0.2) is 67.8 Å². The summed E-state index contributed by atoms with van der Waals surface area (Å²) in [6, 6.07) is 2.30. The van der Waals surface area contributed by atoms with Gasteiger partial charge in [-0.25, -0.2) is 0 Å². The number of hydrogen-bond donors (Lipinski definition) is 4. The van der Waals surface area contributed by atoms with Crippen molar-refractivity contribution < 1.29 is 24.8 Å². The van der Waals surface area contributed by atoms with E-state index in [1.54, 1.807) is 25.6 Å². The number of anilines is 1. The second-order valence-electron chi connectivity index (χ2n) is 9.04. The van der Waals surface area contributed by atoms with Crippen LogP contribution >= 0.6 is 11.3 Å². The standard InChI is InChI=1S/C26H40N2O5S/c1-4-5-12-28(16-18-6-8-19(9-7-18)26(31)27-15-25(29)30)24-13-20(17-34-24)22-14-21(32-2)10-11-23(22)33-3/h6-8,13-14,17,19,22-23,25-27,29-31H,4-5,9-12,15-16H2,1-3H3. The maximum absolute atomic E-state index is 10.2. The molecule has 0 spiro atoms. The summed E-state index contributed by atoms with van der Waals surface area (Å²) in [7, 11) is 3.53. The predicted octanol–water partition coefficient (Wildman–Crippen LogP) is 3.50. The maximum Gasteiger partial charge on any atom is 0.164 e. The molecule has 0 bridgehead atoms. The molecular weight excluding hydrogens is 452 g/mol. The van der Waals surface area contributed by atoms with Crippen molar-refractivity contribution >= 4 is 16.3 Å². The Morgan fingerprint density at radius 3 is 2.74 bits per heavy atom. The fourth-order valence-electron chi connectivity index (χ4n) is 4.53. The van der Waals surface area contributed by atoms with Crippen LogP contribution in [0.5, 0.6) is 0 Å². The zero-order chi connectivity index (χ0) is 24.5. The van der Waals surface area contributed by atoms with Gasteiger partial charge in [0.15, 0.2) is 6.29 Å². The normalized spacial score (nSPS) is 23.6. The molecule has 3 rings (SSSR count). The fraction of sp³-hybridized carbons (Fsp3) is 0.615. The first kappa shape index (κ1) is 26.9. The summed E-state index contributed by atoms with van der Waals surface area (Å²) in [6.45, 7) is 3.96. The summed E-state index contributed by atoms with van der Waals surface area (Å²) in [4.78, 5) is 2.44. The van der Waals surface area contributed by atoms with Crippen LogP contribution in [0.25, 0.3) is 0 Å². The number of unbranched alkanes of at least 4 members (excludes halogenated alkanes) is 1. The summed E-state index contributed by atoms with van der Waals surface area (Å²) in [5, 5.41) is 34.5. The zero-order valence-electron chi connectivity index (χ0n) is 20.5. The predicted molar refractivity (Wildman–Crippen MR) is 137 cm³/mol. The van der Waals surface area contributed by atoms with Crippen molar-refractivity contribution in [1.82, 2.24) is 5.32 Å². The van der Waals surface area contributed by atoms with Crippen LogP contribution in [0.1, 0.15) is 50.5 Å². The third-order valence-electron chi connectivity index (χ3n) is 6.59. The smallest absolute Gasteiger partial charge is 0.164 e. The molecule has 0 aliphatic heterocycles. The number of ether oxygens (including phenoxy) is 2. The minimum atomic E-state index is -1.47. The minimum Gasteiger partial charge on any atom is -0.501 e. The molecule has 0 aromatic carbocycles. The first-order valence-electron chi connectivity index (χ1n) is 12.2. The molecule has 7 nitrogen and oxygen atoms in total. The lowest BCUT2D eigenvalue weighted by atomic mass is 9.87. The topological polar surface area (TPSA) is 94.4 Å². The van der Waals surface area contributed by atoms with Gasteiger partial charge in [-0.2, -0.15) is 0 Å². The average molecular weight is 493 g/mol. The Balaban J connectivity index is 1.68. The van der Waals surface area contributed by atoms with Gasteiger partial charge in [-0.15, -0.1) is 11.3 Å². The Morgan fingerprint density at radius 2 is 2.09 bits per heavy atom. The maximum atomic E-state index is 10.2. The molecule has 2 aliphatic carbocycles. The van der Waals surface area contributed by atoms with Crippen LogP contribution in [0, 0.1) is 5.92 Å². The van der Waals surface area contributed by atoms with E-state index in [0.717, 1.165) is 44.5 Å². The Bertz CT molecular complexity index is 850. The highest BCUT2D eigenvalue weighted by molar-refractivity contribution is 7.14. The molecule has 34 heavy (non-hydrogen) atoms. The average Bonchev–Trinajstić information content (AvgIpc) is 3.35. The van der Waals surface area contributed by atoms with E-state index in [1.807, 2.05) is 6.08 Å². The molecule has 8 heteroatoms.